The van der Waals surface area contributed by atoms with Gasteiger partial charge in [-0.1, -0.05) is 18.7 Å². The number of carbonyl (C=O) groups excluding carboxylic acids is 1. The summed E-state index contributed by atoms with van der Waals surface area (Å²) in [5, 5.41) is 14.8. The lowest BCUT2D eigenvalue weighted by Gasteiger charge is -2.03. The minimum Gasteiger partial charge on any atom is -0.619 e. The molecule has 24 heavy (non-hydrogen) atoms. The largest absolute Gasteiger partial charge is 0.619 e. The smallest absolute Gasteiger partial charge is 0.268 e. The molecule has 0 aliphatic rings. The van der Waals surface area contributed by atoms with Crippen molar-refractivity contribution in [1.29, 1.82) is 0 Å². The molecule has 0 spiro atoms. The molecule has 2 heterocycles. The van der Waals surface area contributed by atoms with Crippen LogP contribution in [0.2, 0.25) is 0 Å². The maximum atomic E-state index is 12.3. The third-order valence-electron chi connectivity index (χ3n) is 3.51. The summed E-state index contributed by atoms with van der Waals surface area (Å²) in [7, 11) is 0. The van der Waals surface area contributed by atoms with Crippen molar-refractivity contribution >= 4 is 16.8 Å². The highest BCUT2D eigenvalue weighted by Gasteiger charge is 2.12. The number of benzene rings is 1. The molecule has 3 rings (SSSR count). The molecule has 0 fully saturated rings. The number of fused-ring (bicyclic) bond motifs is 1. The molecule has 0 aliphatic carbocycles. The van der Waals surface area contributed by atoms with Crippen LogP contribution in [0.3, 0.4) is 0 Å². The highest BCUT2D eigenvalue weighted by molar-refractivity contribution is 5.99. The van der Waals surface area contributed by atoms with Crippen LogP contribution in [-0.4, -0.2) is 17.5 Å². The minimum absolute atomic E-state index is 0.248. The van der Waals surface area contributed by atoms with Crippen LogP contribution < -0.4 is 14.8 Å². The van der Waals surface area contributed by atoms with Crippen LogP contribution in [0.1, 0.15) is 16.1 Å². The monoisotopic (exact) mass is 323 g/mol. The number of nitrogens with one attached hydrogen (secondary N) is 2. The van der Waals surface area contributed by atoms with Gasteiger partial charge in [0.2, 0.25) is 0 Å². The van der Waals surface area contributed by atoms with E-state index in [1.165, 1.54) is 12.4 Å². The van der Waals surface area contributed by atoms with E-state index in [9.17, 15) is 10.0 Å². The Morgan fingerprint density at radius 2 is 2.25 bits per heavy atom. The second-order valence-corrected chi connectivity index (χ2v) is 5.25. The maximum absolute atomic E-state index is 12.3. The van der Waals surface area contributed by atoms with Gasteiger partial charge in [-0.3, -0.25) is 4.79 Å². The van der Waals surface area contributed by atoms with Crippen molar-refractivity contribution in [2.24, 2.45) is 0 Å². The van der Waals surface area contributed by atoms with Crippen LogP contribution in [0.4, 0.5) is 0 Å². The van der Waals surface area contributed by atoms with E-state index >= 15 is 0 Å². The fourth-order valence-corrected chi connectivity index (χ4v) is 2.41. The van der Waals surface area contributed by atoms with E-state index in [-0.39, 0.29) is 12.5 Å². The summed E-state index contributed by atoms with van der Waals surface area (Å²) in [5.41, 5.74) is 1.98. The van der Waals surface area contributed by atoms with E-state index in [1.807, 2.05) is 18.2 Å². The average Bonchev–Trinajstić information content (AvgIpc) is 3.03. The molecular weight excluding hydrogens is 306 g/mol. The Hall–Kier alpha value is -3.28. The molecule has 2 N–H and O–H groups in total. The summed E-state index contributed by atoms with van der Waals surface area (Å²) in [4.78, 5) is 15.4. The van der Waals surface area contributed by atoms with Crippen LogP contribution in [0.5, 0.6) is 5.75 Å². The zero-order valence-corrected chi connectivity index (χ0v) is 13.0. The van der Waals surface area contributed by atoms with Gasteiger partial charge < -0.3 is 20.2 Å². The van der Waals surface area contributed by atoms with Crippen molar-refractivity contribution < 1.29 is 14.3 Å². The van der Waals surface area contributed by atoms with E-state index in [0.717, 1.165) is 16.5 Å². The van der Waals surface area contributed by atoms with Gasteiger partial charge in [0.05, 0.1) is 0 Å². The number of hydrogen-bond donors (Lipinski definition) is 2. The Kier molecular flexibility index (Phi) is 4.47. The first-order valence-electron chi connectivity index (χ1n) is 7.48. The Morgan fingerprint density at radius 1 is 1.38 bits per heavy atom. The number of aromatic nitrogens is 2. The number of hydrogen-bond acceptors (Lipinski definition) is 3. The highest BCUT2D eigenvalue weighted by atomic mass is 16.5. The fourth-order valence-electron chi connectivity index (χ4n) is 2.41. The number of aromatic amines is 1. The van der Waals surface area contributed by atoms with Gasteiger partial charge in [0.1, 0.15) is 18.1 Å². The maximum Gasteiger partial charge on any atom is 0.268 e. The summed E-state index contributed by atoms with van der Waals surface area (Å²) in [6, 6.07) is 10.8. The van der Waals surface area contributed by atoms with Gasteiger partial charge in [0.15, 0.2) is 12.4 Å². The van der Waals surface area contributed by atoms with Crippen LogP contribution in [0, 0.1) is 5.21 Å². The molecule has 0 unspecified atom stereocenters. The lowest BCUT2D eigenvalue weighted by Crippen LogP contribution is -2.28. The molecule has 0 saturated carbocycles. The topological polar surface area (TPSA) is 81.1 Å². The lowest BCUT2D eigenvalue weighted by molar-refractivity contribution is -0.605. The molecule has 0 atom stereocenters. The van der Waals surface area contributed by atoms with Crippen molar-refractivity contribution in [2.45, 2.75) is 6.54 Å². The highest BCUT2D eigenvalue weighted by Crippen LogP contribution is 2.26. The average molecular weight is 323 g/mol. The predicted octanol–water partition coefficient (Wildman–Crippen LogP) is 2.30. The molecule has 0 saturated heterocycles. The molecule has 0 radical (unpaired) electrons. The molecule has 122 valence electrons. The van der Waals surface area contributed by atoms with Gasteiger partial charge in [-0.05, 0) is 24.3 Å². The summed E-state index contributed by atoms with van der Waals surface area (Å²) in [6.45, 7) is 4.30. The van der Waals surface area contributed by atoms with Crippen LogP contribution in [0.15, 0.2) is 61.4 Å². The summed E-state index contributed by atoms with van der Waals surface area (Å²) in [5.74, 6) is 0.445. The summed E-state index contributed by atoms with van der Waals surface area (Å²) >= 11 is 0. The van der Waals surface area contributed by atoms with Gasteiger partial charge in [0.25, 0.3) is 5.91 Å². The van der Waals surface area contributed by atoms with Crippen molar-refractivity contribution in [1.82, 2.24) is 10.3 Å². The fraction of sp³-hybridized carbons (Fsp3) is 0.111. The molecule has 6 nitrogen and oxygen atoms in total. The molecular formula is C18H17N3O3. The number of rotatable bonds is 6. The van der Waals surface area contributed by atoms with Crippen LogP contribution in [0.25, 0.3) is 10.9 Å². The van der Waals surface area contributed by atoms with E-state index < -0.39 is 0 Å². The van der Waals surface area contributed by atoms with Gasteiger partial charge in [-0.2, -0.15) is 4.73 Å². The van der Waals surface area contributed by atoms with Crippen molar-refractivity contribution in [3.63, 3.8) is 0 Å². The lowest BCUT2D eigenvalue weighted by atomic mass is 10.2. The number of ether oxygens (including phenoxy) is 1. The summed E-state index contributed by atoms with van der Waals surface area (Å²) < 4.78 is 6.30. The molecule has 1 aromatic carbocycles. The molecule has 3 aromatic rings. The zero-order valence-electron chi connectivity index (χ0n) is 13.0. The first-order valence-corrected chi connectivity index (χ1v) is 7.48. The van der Waals surface area contributed by atoms with Gasteiger partial charge in [0, 0.05) is 29.1 Å². The number of pyridine rings is 1. The molecule has 6 heteroatoms. The Labute approximate surface area is 139 Å². The van der Waals surface area contributed by atoms with Gasteiger partial charge >= 0.3 is 0 Å². The van der Waals surface area contributed by atoms with Gasteiger partial charge in [-0.25, -0.2) is 0 Å². The van der Waals surface area contributed by atoms with Crippen LogP contribution in [-0.2, 0) is 6.54 Å². The second-order valence-electron chi connectivity index (χ2n) is 5.25. The SMILES string of the molecule is C=CCOc1cccc2[nH]c(C(=O)NCc3ccc[n+]([O-])c3)cc12. The van der Waals surface area contributed by atoms with E-state index in [2.05, 4.69) is 16.9 Å². The first-order chi connectivity index (χ1) is 11.7. The third-order valence-corrected chi connectivity index (χ3v) is 3.51. The van der Waals surface area contributed by atoms with E-state index in [0.29, 0.717) is 22.8 Å². The van der Waals surface area contributed by atoms with Crippen LogP contribution >= 0.6 is 0 Å². The predicted molar refractivity (Wildman–Crippen MR) is 90.6 cm³/mol. The van der Waals surface area contributed by atoms with E-state index in [1.54, 1.807) is 24.3 Å². The zero-order chi connectivity index (χ0) is 16.9. The molecule has 2 aromatic heterocycles. The summed E-state index contributed by atoms with van der Waals surface area (Å²) in [6.07, 6.45) is 4.49. The molecule has 0 aliphatic heterocycles. The molecule has 1 amide bonds. The normalized spacial score (nSPS) is 10.5. The quantitative estimate of drug-likeness (QED) is 0.415. The Bertz CT molecular complexity index is 886. The van der Waals surface area contributed by atoms with Crippen molar-refractivity contribution in [2.75, 3.05) is 6.61 Å². The van der Waals surface area contributed by atoms with Crippen molar-refractivity contribution in [3.8, 4) is 5.75 Å². The third kappa shape index (κ3) is 3.38. The second kappa shape index (κ2) is 6.87. The minimum atomic E-state index is -0.248. The number of H-pyrrole nitrogens is 1. The Balaban J connectivity index is 1.76. The number of nitrogens with zero attached hydrogens (tertiary/aromatic N) is 1. The molecule has 0 bridgehead atoms. The number of carbonyl (C=O) groups is 1. The standard InChI is InChI=1S/C18H17N3O3/c1-2-9-24-17-7-3-6-15-14(17)10-16(20-15)18(22)19-11-13-5-4-8-21(23)12-13/h2-8,10,12,20H,1,9,11H2,(H,19,22). The Morgan fingerprint density at radius 3 is 3.04 bits per heavy atom. The van der Waals surface area contributed by atoms with Gasteiger partial charge in [-0.15, -0.1) is 0 Å². The first kappa shape index (κ1) is 15.6. The van der Waals surface area contributed by atoms with Crippen molar-refractivity contribution in [3.05, 3.63) is 77.9 Å². The van der Waals surface area contributed by atoms with E-state index in [4.69, 9.17) is 4.74 Å². The number of amides is 1.